The average Bonchev–Trinajstić information content (AvgIpc) is 3.17. The number of benzene rings is 2. The second-order valence-corrected chi connectivity index (χ2v) is 9.72. The molecule has 1 aliphatic carbocycles. The molecule has 0 saturated heterocycles. The van der Waals surface area contributed by atoms with Gasteiger partial charge in [-0.25, -0.2) is 9.59 Å². The molecular weight excluding hydrogens is 452 g/mol. The maximum absolute atomic E-state index is 12.9. The number of carbonyl (C=O) groups excluding carboxylic acids is 2. The molecule has 2 aromatic rings. The van der Waals surface area contributed by atoms with Crippen molar-refractivity contribution >= 4 is 29.7 Å². The Morgan fingerprint density at radius 1 is 1.09 bits per heavy atom. The number of rotatable bonds is 11. The number of hydrogen-bond donors (Lipinski definition) is 3. The number of hydrogen-bond acceptors (Lipinski definition) is 5. The summed E-state index contributed by atoms with van der Waals surface area (Å²) in [5, 5.41) is 14.7. The summed E-state index contributed by atoms with van der Waals surface area (Å²) in [6, 6.07) is 15.2. The van der Waals surface area contributed by atoms with Crippen LogP contribution in [0.15, 0.2) is 48.5 Å². The minimum absolute atomic E-state index is 0.0425. The van der Waals surface area contributed by atoms with Gasteiger partial charge in [0.05, 0.1) is 5.41 Å². The predicted molar refractivity (Wildman–Crippen MR) is 134 cm³/mol. The molecule has 0 heterocycles. The van der Waals surface area contributed by atoms with E-state index in [4.69, 9.17) is 4.74 Å². The number of amides is 2. The number of thioether (sulfide) groups is 1. The van der Waals surface area contributed by atoms with Crippen LogP contribution in [-0.2, 0) is 14.3 Å². The Hall–Kier alpha value is -3.00. The summed E-state index contributed by atoms with van der Waals surface area (Å²) in [4.78, 5) is 36.9. The first kappa shape index (κ1) is 25.6. The third-order valence-electron chi connectivity index (χ3n) is 6.51. The van der Waals surface area contributed by atoms with Crippen LogP contribution < -0.4 is 10.6 Å². The molecule has 2 atom stereocenters. The molecule has 1 aliphatic rings. The van der Waals surface area contributed by atoms with E-state index < -0.39 is 29.4 Å². The molecule has 8 heteroatoms. The highest BCUT2D eigenvalue weighted by molar-refractivity contribution is 7.98. The zero-order chi connectivity index (χ0) is 24.7. The summed E-state index contributed by atoms with van der Waals surface area (Å²) in [5.74, 6) is -0.891. The maximum atomic E-state index is 12.9. The van der Waals surface area contributed by atoms with Gasteiger partial charge in [-0.2, -0.15) is 11.8 Å². The molecule has 2 aromatic carbocycles. The van der Waals surface area contributed by atoms with Gasteiger partial charge >= 0.3 is 12.1 Å². The second kappa shape index (κ2) is 11.4. The number of aliphatic carboxylic acids is 1. The summed E-state index contributed by atoms with van der Waals surface area (Å²) in [6.45, 7) is 3.77. The summed E-state index contributed by atoms with van der Waals surface area (Å²) in [7, 11) is 0. The van der Waals surface area contributed by atoms with Gasteiger partial charge in [0.2, 0.25) is 5.91 Å². The van der Waals surface area contributed by atoms with Crippen LogP contribution in [-0.4, -0.2) is 54.3 Å². The maximum Gasteiger partial charge on any atom is 0.407 e. The van der Waals surface area contributed by atoms with E-state index in [1.807, 2.05) is 37.4 Å². The smallest absolute Gasteiger partial charge is 0.407 e. The molecule has 3 rings (SSSR count). The number of carboxylic acid groups (broad SMARTS) is 1. The highest BCUT2D eigenvalue weighted by Gasteiger charge is 2.35. The molecule has 0 radical (unpaired) electrons. The van der Waals surface area contributed by atoms with E-state index in [1.54, 1.807) is 6.92 Å². The van der Waals surface area contributed by atoms with Crippen molar-refractivity contribution in [3.05, 3.63) is 59.7 Å². The number of ether oxygens (including phenoxy) is 1. The van der Waals surface area contributed by atoms with Crippen molar-refractivity contribution in [2.24, 2.45) is 5.41 Å². The van der Waals surface area contributed by atoms with Crippen molar-refractivity contribution in [2.45, 2.75) is 38.6 Å². The van der Waals surface area contributed by atoms with Crippen LogP contribution in [0.1, 0.15) is 43.7 Å². The summed E-state index contributed by atoms with van der Waals surface area (Å²) >= 11 is 1.52. The standard InChI is InChI=1S/C26H32N2O5S/c1-4-26(2,24(31)28-22(23(29)30)13-14-34-3)16-27-25(32)33-15-21-19-11-7-5-9-17(19)18-10-6-8-12-20(18)21/h5-12,21-22H,4,13-16H2,1-3H3,(H,27,32)(H,28,31)(H,29,30)/t22-,26?/m1/s1. The number of carboxylic acids is 1. The van der Waals surface area contributed by atoms with Gasteiger partial charge in [0.15, 0.2) is 0 Å². The highest BCUT2D eigenvalue weighted by Crippen LogP contribution is 2.44. The normalized spacial score (nSPS) is 14.9. The fourth-order valence-corrected chi connectivity index (χ4v) is 4.58. The Morgan fingerprint density at radius 2 is 1.68 bits per heavy atom. The van der Waals surface area contributed by atoms with Gasteiger partial charge in [-0.1, -0.05) is 55.5 Å². The zero-order valence-electron chi connectivity index (χ0n) is 19.8. The van der Waals surface area contributed by atoms with Gasteiger partial charge in [0.25, 0.3) is 0 Å². The van der Waals surface area contributed by atoms with Crippen molar-refractivity contribution < 1.29 is 24.2 Å². The van der Waals surface area contributed by atoms with Gasteiger partial charge in [0.1, 0.15) is 12.6 Å². The summed E-state index contributed by atoms with van der Waals surface area (Å²) < 4.78 is 5.55. The summed E-state index contributed by atoms with van der Waals surface area (Å²) in [5.41, 5.74) is 3.59. The molecule has 0 aromatic heterocycles. The minimum atomic E-state index is -1.06. The molecule has 0 bridgehead atoms. The fourth-order valence-electron chi connectivity index (χ4n) is 4.11. The lowest BCUT2D eigenvalue weighted by molar-refractivity contribution is -0.143. The van der Waals surface area contributed by atoms with Crippen LogP contribution in [0.4, 0.5) is 4.79 Å². The van der Waals surface area contributed by atoms with E-state index in [-0.39, 0.29) is 19.1 Å². The first-order valence-electron chi connectivity index (χ1n) is 11.4. The number of carbonyl (C=O) groups is 3. The van der Waals surface area contributed by atoms with E-state index in [2.05, 4.69) is 34.9 Å². The van der Waals surface area contributed by atoms with Crippen LogP contribution in [0.2, 0.25) is 0 Å². The third-order valence-corrected chi connectivity index (χ3v) is 7.15. The summed E-state index contributed by atoms with van der Waals surface area (Å²) in [6.07, 6.45) is 2.04. The molecule has 1 unspecified atom stereocenters. The largest absolute Gasteiger partial charge is 0.480 e. The number of alkyl carbamates (subject to hydrolysis) is 1. The average molecular weight is 485 g/mol. The Kier molecular flexibility index (Phi) is 8.61. The topological polar surface area (TPSA) is 105 Å². The first-order chi connectivity index (χ1) is 16.3. The van der Waals surface area contributed by atoms with Gasteiger partial charge < -0.3 is 20.5 Å². The van der Waals surface area contributed by atoms with Crippen LogP contribution >= 0.6 is 11.8 Å². The van der Waals surface area contributed by atoms with Crippen LogP contribution in [0.3, 0.4) is 0 Å². The first-order valence-corrected chi connectivity index (χ1v) is 12.8. The minimum Gasteiger partial charge on any atom is -0.480 e. The van der Waals surface area contributed by atoms with Crippen molar-refractivity contribution in [1.29, 1.82) is 0 Å². The highest BCUT2D eigenvalue weighted by atomic mass is 32.2. The Morgan fingerprint density at radius 3 is 2.21 bits per heavy atom. The molecule has 0 saturated carbocycles. The lowest BCUT2D eigenvalue weighted by atomic mass is 9.86. The van der Waals surface area contributed by atoms with Gasteiger partial charge in [0, 0.05) is 12.5 Å². The van der Waals surface area contributed by atoms with E-state index in [0.29, 0.717) is 18.6 Å². The molecule has 182 valence electrons. The molecular formula is C26H32N2O5S. The van der Waals surface area contributed by atoms with Crippen molar-refractivity contribution in [2.75, 3.05) is 25.2 Å². The van der Waals surface area contributed by atoms with Gasteiger partial charge in [-0.3, -0.25) is 4.79 Å². The monoisotopic (exact) mass is 484 g/mol. The molecule has 0 aliphatic heterocycles. The Labute approximate surface area is 204 Å². The molecule has 0 fully saturated rings. The molecule has 0 spiro atoms. The molecule has 7 nitrogen and oxygen atoms in total. The molecule has 2 amide bonds. The van der Waals surface area contributed by atoms with Crippen molar-refractivity contribution in [1.82, 2.24) is 10.6 Å². The van der Waals surface area contributed by atoms with E-state index in [0.717, 1.165) is 22.3 Å². The third kappa shape index (κ3) is 5.73. The van der Waals surface area contributed by atoms with Crippen molar-refractivity contribution in [3.63, 3.8) is 0 Å². The van der Waals surface area contributed by atoms with E-state index in [9.17, 15) is 19.5 Å². The SMILES string of the molecule is CCC(C)(CNC(=O)OCC1c2ccccc2-c2ccccc21)C(=O)N[C@H](CCSC)C(=O)O. The fraction of sp³-hybridized carbons (Fsp3) is 0.423. The molecule has 3 N–H and O–H groups in total. The Bertz CT molecular complexity index is 998. The van der Waals surface area contributed by atoms with E-state index in [1.165, 1.54) is 11.8 Å². The van der Waals surface area contributed by atoms with E-state index >= 15 is 0 Å². The van der Waals surface area contributed by atoms with Gasteiger partial charge in [-0.05, 0) is 54.0 Å². The van der Waals surface area contributed by atoms with Crippen LogP contribution in [0, 0.1) is 5.41 Å². The number of nitrogens with one attached hydrogen (secondary N) is 2. The Balaban J connectivity index is 1.58. The lowest BCUT2D eigenvalue weighted by Crippen LogP contribution is -2.51. The quantitative estimate of drug-likeness (QED) is 0.440. The van der Waals surface area contributed by atoms with Crippen molar-refractivity contribution in [3.8, 4) is 11.1 Å². The lowest BCUT2D eigenvalue weighted by Gasteiger charge is -2.29. The number of fused-ring (bicyclic) bond motifs is 3. The van der Waals surface area contributed by atoms with Crippen LogP contribution in [0.25, 0.3) is 11.1 Å². The van der Waals surface area contributed by atoms with Crippen LogP contribution in [0.5, 0.6) is 0 Å². The molecule has 34 heavy (non-hydrogen) atoms. The van der Waals surface area contributed by atoms with Gasteiger partial charge in [-0.15, -0.1) is 0 Å². The second-order valence-electron chi connectivity index (χ2n) is 8.74. The predicted octanol–water partition coefficient (Wildman–Crippen LogP) is 4.26. The zero-order valence-corrected chi connectivity index (χ0v) is 20.6.